The molecule has 0 bridgehead atoms. The van der Waals surface area contributed by atoms with Crippen LogP contribution >= 0.6 is 0 Å². The van der Waals surface area contributed by atoms with Gasteiger partial charge in [0, 0.05) is 6.07 Å². The largest absolute Gasteiger partial charge is 0.494 e. The van der Waals surface area contributed by atoms with Gasteiger partial charge < -0.3 is 18.6 Å². The molecule has 6 heteroatoms. The minimum Gasteiger partial charge on any atom is -0.494 e. The van der Waals surface area contributed by atoms with E-state index in [9.17, 15) is 9.59 Å². The SMILES string of the molecule is CCCOc1ccc(OCCOC(=O)c2cc(=O)c3cc(C)ccc3o2)cc1. The predicted molar refractivity (Wildman–Crippen MR) is 105 cm³/mol. The van der Waals surface area contributed by atoms with Crippen LogP contribution in [0.1, 0.15) is 29.5 Å². The lowest BCUT2D eigenvalue weighted by Gasteiger charge is -2.09. The molecule has 0 radical (unpaired) electrons. The summed E-state index contributed by atoms with van der Waals surface area (Å²) in [5.41, 5.74) is 1.02. The van der Waals surface area contributed by atoms with Gasteiger partial charge in [-0.3, -0.25) is 4.79 Å². The summed E-state index contributed by atoms with van der Waals surface area (Å²) in [5, 5.41) is 0.436. The number of benzene rings is 2. The molecule has 0 spiro atoms. The Hall–Kier alpha value is -3.28. The zero-order chi connectivity index (χ0) is 19.9. The molecule has 0 aliphatic carbocycles. The standard InChI is InChI=1S/C22H22O6/c1-3-10-25-16-5-7-17(8-6-16)26-11-12-27-22(24)21-14-19(23)18-13-15(2)4-9-20(18)28-21/h4-9,13-14H,3,10-12H2,1-2H3. The number of carbonyl (C=O) groups is 1. The van der Waals surface area contributed by atoms with Gasteiger partial charge in [-0.15, -0.1) is 0 Å². The average Bonchev–Trinajstić information content (AvgIpc) is 2.70. The Kier molecular flexibility index (Phi) is 6.32. The van der Waals surface area contributed by atoms with E-state index in [1.54, 1.807) is 24.3 Å². The zero-order valence-electron chi connectivity index (χ0n) is 15.9. The van der Waals surface area contributed by atoms with Gasteiger partial charge in [0.1, 0.15) is 30.3 Å². The number of ether oxygens (including phenoxy) is 3. The second kappa shape index (κ2) is 9.08. The van der Waals surface area contributed by atoms with Crippen LogP contribution < -0.4 is 14.9 Å². The van der Waals surface area contributed by atoms with Crippen molar-refractivity contribution < 1.29 is 23.4 Å². The second-order valence-corrected chi connectivity index (χ2v) is 6.28. The monoisotopic (exact) mass is 382 g/mol. The summed E-state index contributed by atoms with van der Waals surface area (Å²) in [6.07, 6.45) is 0.945. The van der Waals surface area contributed by atoms with Crippen LogP contribution in [0.5, 0.6) is 11.5 Å². The molecule has 2 aromatic carbocycles. The predicted octanol–water partition coefficient (Wildman–Crippen LogP) is 4.13. The van der Waals surface area contributed by atoms with Gasteiger partial charge in [-0.05, 0) is 49.7 Å². The van der Waals surface area contributed by atoms with Gasteiger partial charge in [0.05, 0.1) is 12.0 Å². The van der Waals surface area contributed by atoms with Crippen LogP contribution in [0.2, 0.25) is 0 Å². The minimum atomic E-state index is -0.702. The van der Waals surface area contributed by atoms with Gasteiger partial charge in [-0.1, -0.05) is 18.6 Å². The van der Waals surface area contributed by atoms with E-state index in [0.29, 0.717) is 23.3 Å². The molecular formula is C22H22O6. The molecule has 0 unspecified atom stereocenters. The van der Waals surface area contributed by atoms with E-state index < -0.39 is 5.97 Å². The van der Waals surface area contributed by atoms with Crippen LogP contribution in [0.3, 0.4) is 0 Å². The fourth-order valence-corrected chi connectivity index (χ4v) is 2.59. The lowest BCUT2D eigenvalue weighted by Crippen LogP contribution is -2.14. The molecule has 3 aromatic rings. The number of hydrogen-bond acceptors (Lipinski definition) is 6. The molecule has 0 saturated heterocycles. The molecule has 0 aliphatic rings. The molecule has 0 amide bonds. The van der Waals surface area contributed by atoms with Crippen LogP contribution in [0.4, 0.5) is 0 Å². The first-order chi connectivity index (χ1) is 13.6. The summed E-state index contributed by atoms with van der Waals surface area (Å²) in [4.78, 5) is 24.3. The zero-order valence-corrected chi connectivity index (χ0v) is 15.9. The maximum atomic E-state index is 12.2. The highest BCUT2D eigenvalue weighted by molar-refractivity contribution is 5.89. The Morgan fingerprint density at radius 3 is 2.29 bits per heavy atom. The Morgan fingerprint density at radius 2 is 1.61 bits per heavy atom. The lowest BCUT2D eigenvalue weighted by molar-refractivity contribution is 0.0415. The van der Waals surface area contributed by atoms with E-state index in [1.807, 2.05) is 32.0 Å². The van der Waals surface area contributed by atoms with Gasteiger partial charge >= 0.3 is 5.97 Å². The molecule has 0 aliphatic heterocycles. The number of rotatable bonds is 8. The van der Waals surface area contributed by atoms with Crippen molar-refractivity contribution in [3.05, 3.63) is 70.1 Å². The Balaban J connectivity index is 1.52. The molecule has 0 atom stereocenters. The van der Waals surface area contributed by atoms with E-state index in [4.69, 9.17) is 18.6 Å². The Labute approximate surface area is 162 Å². The molecule has 3 rings (SSSR count). The van der Waals surface area contributed by atoms with E-state index >= 15 is 0 Å². The third-order valence-electron chi connectivity index (χ3n) is 3.97. The fraction of sp³-hybridized carbons (Fsp3) is 0.273. The van der Waals surface area contributed by atoms with Crippen molar-refractivity contribution >= 4 is 16.9 Å². The third kappa shape index (κ3) is 4.91. The molecular weight excluding hydrogens is 360 g/mol. The number of fused-ring (bicyclic) bond motifs is 1. The summed E-state index contributed by atoms with van der Waals surface area (Å²) in [7, 11) is 0. The average molecular weight is 382 g/mol. The quantitative estimate of drug-likeness (QED) is 0.431. The second-order valence-electron chi connectivity index (χ2n) is 6.28. The summed E-state index contributed by atoms with van der Waals surface area (Å²) >= 11 is 0. The van der Waals surface area contributed by atoms with Crippen LogP contribution in [0.25, 0.3) is 11.0 Å². The highest BCUT2D eigenvalue weighted by atomic mass is 16.6. The first-order valence-corrected chi connectivity index (χ1v) is 9.14. The molecule has 1 heterocycles. The highest BCUT2D eigenvalue weighted by Crippen LogP contribution is 2.18. The first-order valence-electron chi connectivity index (χ1n) is 9.14. The normalized spacial score (nSPS) is 10.6. The van der Waals surface area contributed by atoms with Gasteiger partial charge in [0.15, 0.2) is 5.43 Å². The van der Waals surface area contributed by atoms with Gasteiger partial charge in [0.25, 0.3) is 0 Å². The lowest BCUT2D eigenvalue weighted by atomic mass is 10.1. The summed E-state index contributed by atoms with van der Waals surface area (Å²) < 4.78 is 21.7. The summed E-state index contributed by atoms with van der Waals surface area (Å²) in [5.74, 6) is 0.597. The van der Waals surface area contributed by atoms with Gasteiger partial charge in [0.2, 0.25) is 5.76 Å². The Morgan fingerprint density at radius 1 is 0.929 bits per heavy atom. The van der Waals surface area contributed by atoms with Crippen molar-refractivity contribution in [1.29, 1.82) is 0 Å². The molecule has 6 nitrogen and oxygen atoms in total. The van der Waals surface area contributed by atoms with E-state index in [0.717, 1.165) is 23.8 Å². The Bertz CT molecular complexity index is 1000. The van der Waals surface area contributed by atoms with Crippen LogP contribution in [0, 0.1) is 6.92 Å². The fourth-order valence-electron chi connectivity index (χ4n) is 2.59. The van der Waals surface area contributed by atoms with Crippen LogP contribution in [-0.4, -0.2) is 25.8 Å². The van der Waals surface area contributed by atoms with Crippen molar-refractivity contribution in [2.75, 3.05) is 19.8 Å². The van der Waals surface area contributed by atoms with Crippen molar-refractivity contribution in [2.24, 2.45) is 0 Å². The van der Waals surface area contributed by atoms with Crippen molar-refractivity contribution in [3.63, 3.8) is 0 Å². The van der Waals surface area contributed by atoms with Crippen LogP contribution in [0.15, 0.2) is 57.7 Å². The highest BCUT2D eigenvalue weighted by Gasteiger charge is 2.14. The first kappa shape index (κ1) is 19.5. The molecule has 28 heavy (non-hydrogen) atoms. The van der Waals surface area contributed by atoms with Gasteiger partial charge in [-0.25, -0.2) is 4.79 Å². The number of hydrogen-bond donors (Lipinski definition) is 0. The van der Waals surface area contributed by atoms with E-state index in [2.05, 4.69) is 0 Å². The smallest absolute Gasteiger partial charge is 0.374 e. The number of esters is 1. The third-order valence-corrected chi connectivity index (χ3v) is 3.97. The molecule has 0 fully saturated rings. The van der Waals surface area contributed by atoms with Crippen molar-refractivity contribution in [3.8, 4) is 11.5 Å². The van der Waals surface area contributed by atoms with Gasteiger partial charge in [-0.2, -0.15) is 0 Å². The molecule has 0 N–H and O–H groups in total. The summed E-state index contributed by atoms with van der Waals surface area (Å²) in [6, 6.07) is 13.6. The minimum absolute atomic E-state index is 0.0303. The number of aryl methyl sites for hydroxylation is 1. The molecule has 1 aromatic heterocycles. The maximum absolute atomic E-state index is 12.2. The van der Waals surface area contributed by atoms with Crippen LogP contribution in [-0.2, 0) is 4.74 Å². The van der Waals surface area contributed by atoms with Crippen molar-refractivity contribution in [1.82, 2.24) is 0 Å². The topological polar surface area (TPSA) is 75.0 Å². The summed E-state index contributed by atoms with van der Waals surface area (Å²) in [6.45, 7) is 4.80. The molecule has 146 valence electrons. The van der Waals surface area contributed by atoms with Crippen molar-refractivity contribution in [2.45, 2.75) is 20.3 Å². The van der Waals surface area contributed by atoms with E-state index in [-0.39, 0.29) is 24.4 Å². The number of carbonyl (C=O) groups excluding carboxylic acids is 1. The molecule has 0 saturated carbocycles. The van der Waals surface area contributed by atoms with E-state index in [1.165, 1.54) is 0 Å². The maximum Gasteiger partial charge on any atom is 0.374 e.